The van der Waals surface area contributed by atoms with Crippen LogP contribution in [0.15, 0.2) is 22.7 Å². The van der Waals surface area contributed by atoms with Crippen molar-refractivity contribution in [2.45, 2.75) is 12.5 Å². The fourth-order valence-electron chi connectivity index (χ4n) is 1.71. The van der Waals surface area contributed by atoms with Gasteiger partial charge in [0.15, 0.2) is 0 Å². The maximum Gasteiger partial charge on any atom is 0.252 e. The normalized spacial score (nSPS) is 19.8. The number of hydrogen-bond acceptors (Lipinski definition) is 2. The molecule has 1 heterocycles. The minimum Gasteiger partial charge on any atom is -0.348 e. The molecule has 1 aromatic carbocycles. The van der Waals surface area contributed by atoms with Crippen molar-refractivity contribution < 1.29 is 4.79 Å². The van der Waals surface area contributed by atoms with Gasteiger partial charge in [-0.25, -0.2) is 0 Å². The topological polar surface area (TPSA) is 41.1 Å². The SMILES string of the molecule is O=C(N[C@@H]1CCNC1)c1ccc(Cl)cc1Br. The van der Waals surface area contributed by atoms with Crippen LogP contribution >= 0.6 is 27.5 Å². The molecule has 1 fully saturated rings. The summed E-state index contributed by atoms with van der Waals surface area (Å²) in [6, 6.07) is 5.40. The lowest BCUT2D eigenvalue weighted by Gasteiger charge is -2.12. The van der Waals surface area contributed by atoms with Crippen LogP contribution in [0.25, 0.3) is 0 Å². The minimum absolute atomic E-state index is 0.0581. The van der Waals surface area contributed by atoms with Gasteiger partial charge in [-0.05, 0) is 47.1 Å². The van der Waals surface area contributed by atoms with E-state index in [1.54, 1.807) is 18.2 Å². The highest BCUT2D eigenvalue weighted by Gasteiger charge is 2.18. The van der Waals surface area contributed by atoms with Crippen LogP contribution in [-0.4, -0.2) is 25.0 Å². The lowest BCUT2D eigenvalue weighted by atomic mass is 10.2. The molecule has 0 bridgehead atoms. The molecule has 16 heavy (non-hydrogen) atoms. The van der Waals surface area contributed by atoms with E-state index in [1.807, 2.05) is 0 Å². The molecule has 5 heteroatoms. The fourth-order valence-corrected chi connectivity index (χ4v) is 2.58. The monoisotopic (exact) mass is 302 g/mol. The van der Waals surface area contributed by atoms with Gasteiger partial charge in [0.2, 0.25) is 0 Å². The first-order chi connectivity index (χ1) is 7.66. The average Bonchev–Trinajstić information content (AvgIpc) is 2.70. The van der Waals surface area contributed by atoms with Gasteiger partial charge in [-0.3, -0.25) is 4.79 Å². The molecule has 0 spiro atoms. The second-order valence-corrected chi connectivity index (χ2v) is 5.08. The van der Waals surface area contributed by atoms with Crippen molar-refractivity contribution in [3.8, 4) is 0 Å². The van der Waals surface area contributed by atoms with Crippen LogP contribution in [0.1, 0.15) is 16.8 Å². The molecule has 0 radical (unpaired) electrons. The summed E-state index contributed by atoms with van der Waals surface area (Å²) in [5, 5.41) is 6.80. The molecule has 0 aliphatic carbocycles. The molecule has 3 nitrogen and oxygen atoms in total. The Labute approximate surface area is 108 Å². The van der Waals surface area contributed by atoms with E-state index in [-0.39, 0.29) is 11.9 Å². The molecule has 1 saturated heterocycles. The summed E-state index contributed by atoms with van der Waals surface area (Å²) in [6.07, 6.45) is 0.983. The zero-order chi connectivity index (χ0) is 11.5. The Morgan fingerprint density at radius 3 is 3.00 bits per heavy atom. The summed E-state index contributed by atoms with van der Waals surface area (Å²) in [5.74, 6) is -0.0581. The predicted molar refractivity (Wildman–Crippen MR) is 67.9 cm³/mol. The first-order valence-corrected chi connectivity index (χ1v) is 6.30. The quantitative estimate of drug-likeness (QED) is 0.879. The van der Waals surface area contributed by atoms with E-state index < -0.39 is 0 Å². The summed E-state index contributed by atoms with van der Waals surface area (Å²) in [5.41, 5.74) is 0.622. The second-order valence-electron chi connectivity index (χ2n) is 3.79. The zero-order valence-corrected chi connectivity index (χ0v) is 10.9. The third-order valence-corrected chi connectivity index (χ3v) is 3.46. The van der Waals surface area contributed by atoms with E-state index >= 15 is 0 Å². The van der Waals surface area contributed by atoms with Crippen LogP contribution in [0, 0.1) is 0 Å². The van der Waals surface area contributed by atoms with E-state index in [4.69, 9.17) is 11.6 Å². The fraction of sp³-hybridized carbons (Fsp3) is 0.364. The molecule has 2 rings (SSSR count). The average molecular weight is 304 g/mol. The number of carbonyl (C=O) groups is 1. The van der Waals surface area contributed by atoms with E-state index in [9.17, 15) is 4.79 Å². The Kier molecular flexibility index (Phi) is 3.84. The molecular weight excluding hydrogens is 291 g/mol. The van der Waals surface area contributed by atoms with Gasteiger partial charge in [0.1, 0.15) is 0 Å². The van der Waals surface area contributed by atoms with Crippen molar-refractivity contribution in [1.82, 2.24) is 10.6 Å². The molecule has 1 aromatic rings. The summed E-state index contributed by atoms with van der Waals surface area (Å²) < 4.78 is 0.725. The number of halogens is 2. The third-order valence-electron chi connectivity index (χ3n) is 2.57. The van der Waals surface area contributed by atoms with Gasteiger partial charge in [-0.2, -0.15) is 0 Å². The molecule has 86 valence electrons. The Morgan fingerprint density at radius 2 is 2.38 bits per heavy atom. The summed E-state index contributed by atoms with van der Waals surface area (Å²) >= 11 is 9.16. The van der Waals surface area contributed by atoms with Gasteiger partial charge in [0.05, 0.1) is 5.56 Å². The van der Waals surface area contributed by atoms with Gasteiger partial charge in [-0.1, -0.05) is 11.6 Å². The van der Waals surface area contributed by atoms with E-state index in [2.05, 4.69) is 26.6 Å². The Bertz CT molecular complexity index is 405. The van der Waals surface area contributed by atoms with Crippen molar-refractivity contribution in [2.24, 2.45) is 0 Å². The highest BCUT2D eigenvalue weighted by Crippen LogP contribution is 2.21. The van der Waals surface area contributed by atoms with Gasteiger partial charge in [-0.15, -0.1) is 0 Å². The van der Waals surface area contributed by atoms with Crippen LogP contribution in [0.3, 0.4) is 0 Å². The molecule has 2 N–H and O–H groups in total. The Hall–Kier alpha value is -0.580. The Balaban J connectivity index is 2.08. The van der Waals surface area contributed by atoms with Gasteiger partial charge in [0.25, 0.3) is 5.91 Å². The van der Waals surface area contributed by atoms with Crippen LogP contribution in [0.2, 0.25) is 5.02 Å². The predicted octanol–water partition coefficient (Wildman–Crippen LogP) is 2.19. The van der Waals surface area contributed by atoms with Gasteiger partial charge < -0.3 is 10.6 Å². The van der Waals surface area contributed by atoms with Gasteiger partial charge >= 0.3 is 0 Å². The summed E-state index contributed by atoms with van der Waals surface area (Å²) in [4.78, 5) is 11.9. The van der Waals surface area contributed by atoms with E-state index in [0.717, 1.165) is 24.0 Å². The second kappa shape index (κ2) is 5.17. The van der Waals surface area contributed by atoms with Gasteiger partial charge in [0, 0.05) is 22.1 Å². The van der Waals surface area contributed by atoms with Crippen molar-refractivity contribution in [3.05, 3.63) is 33.3 Å². The molecule has 1 aliphatic heterocycles. The van der Waals surface area contributed by atoms with Crippen LogP contribution in [0.5, 0.6) is 0 Å². The molecule has 0 saturated carbocycles. The molecule has 1 aliphatic rings. The molecular formula is C11H12BrClN2O. The molecule has 0 aromatic heterocycles. The zero-order valence-electron chi connectivity index (χ0n) is 8.59. The number of rotatable bonds is 2. The standard InChI is InChI=1S/C11H12BrClN2O/c12-10-5-7(13)1-2-9(10)11(16)15-8-3-4-14-6-8/h1-2,5,8,14H,3-4,6H2,(H,15,16)/t8-/m1/s1. The number of benzene rings is 1. The first kappa shape index (κ1) is 11.9. The molecule has 0 unspecified atom stereocenters. The van der Waals surface area contributed by atoms with Crippen LogP contribution in [-0.2, 0) is 0 Å². The third kappa shape index (κ3) is 2.75. The van der Waals surface area contributed by atoms with Crippen molar-refractivity contribution in [3.63, 3.8) is 0 Å². The largest absolute Gasteiger partial charge is 0.348 e. The van der Waals surface area contributed by atoms with E-state index in [1.165, 1.54) is 0 Å². The molecule has 1 amide bonds. The number of hydrogen-bond donors (Lipinski definition) is 2. The summed E-state index contributed by atoms with van der Waals surface area (Å²) in [7, 11) is 0. The number of nitrogens with one attached hydrogen (secondary N) is 2. The number of carbonyl (C=O) groups excluding carboxylic acids is 1. The molecule has 1 atom stereocenters. The minimum atomic E-state index is -0.0581. The summed E-state index contributed by atoms with van der Waals surface area (Å²) in [6.45, 7) is 1.81. The lowest BCUT2D eigenvalue weighted by Crippen LogP contribution is -2.36. The highest BCUT2D eigenvalue weighted by atomic mass is 79.9. The van der Waals surface area contributed by atoms with Crippen molar-refractivity contribution >= 4 is 33.4 Å². The van der Waals surface area contributed by atoms with Crippen LogP contribution in [0.4, 0.5) is 0 Å². The first-order valence-electron chi connectivity index (χ1n) is 5.13. The van der Waals surface area contributed by atoms with Crippen LogP contribution < -0.4 is 10.6 Å². The maximum atomic E-state index is 11.9. The highest BCUT2D eigenvalue weighted by molar-refractivity contribution is 9.10. The van der Waals surface area contributed by atoms with Crippen molar-refractivity contribution in [1.29, 1.82) is 0 Å². The van der Waals surface area contributed by atoms with E-state index in [0.29, 0.717) is 10.6 Å². The Morgan fingerprint density at radius 1 is 1.56 bits per heavy atom. The lowest BCUT2D eigenvalue weighted by molar-refractivity contribution is 0.0939. The maximum absolute atomic E-state index is 11.9. The smallest absolute Gasteiger partial charge is 0.252 e. The number of amides is 1. The van der Waals surface area contributed by atoms with Crippen molar-refractivity contribution in [2.75, 3.05) is 13.1 Å².